The van der Waals surface area contributed by atoms with Crippen molar-refractivity contribution in [2.45, 2.75) is 89.9 Å². The van der Waals surface area contributed by atoms with E-state index in [4.69, 9.17) is 0 Å². The van der Waals surface area contributed by atoms with Crippen LogP contribution in [0.25, 0.3) is 0 Å². The highest BCUT2D eigenvalue weighted by Crippen LogP contribution is 2.37. The molecule has 0 saturated heterocycles. The van der Waals surface area contributed by atoms with Gasteiger partial charge >= 0.3 is 0 Å². The molecule has 0 bridgehead atoms. The third-order valence-electron chi connectivity index (χ3n) is 6.43. The SMILES string of the molecule is N#Cc1c(NC(=O)[C@H]2CCCC[C@H]2C(=O)[O-])sc2c1CCCCCCCCCC2. The van der Waals surface area contributed by atoms with Gasteiger partial charge in [0.05, 0.1) is 5.56 Å². The molecule has 0 radical (unpaired) electrons. The van der Waals surface area contributed by atoms with Crippen LogP contribution < -0.4 is 10.4 Å². The van der Waals surface area contributed by atoms with Gasteiger partial charge in [0.1, 0.15) is 11.1 Å². The van der Waals surface area contributed by atoms with Gasteiger partial charge in [-0.25, -0.2) is 0 Å². The van der Waals surface area contributed by atoms with E-state index in [0.717, 1.165) is 44.1 Å². The van der Waals surface area contributed by atoms with Crippen LogP contribution in [-0.4, -0.2) is 11.9 Å². The highest BCUT2D eigenvalue weighted by Gasteiger charge is 2.32. The van der Waals surface area contributed by atoms with Gasteiger partial charge in [-0.2, -0.15) is 5.26 Å². The van der Waals surface area contributed by atoms with Gasteiger partial charge < -0.3 is 15.2 Å². The van der Waals surface area contributed by atoms with E-state index < -0.39 is 17.8 Å². The van der Waals surface area contributed by atoms with E-state index in [9.17, 15) is 20.0 Å². The number of thiophene rings is 1. The lowest BCUT2D eigenvalue weighted by atomic mass is 9.79. The Morgan fingerprint density at radius 3 is 2.10 bits per heavy atom. The average Bonchev–Trinajstić information content (AvgIpc) is 3.03. The molecular weight excluding hydrogens is 384 g/mol. The summed E-state index contributed by atoms with van der Waals surface area (Å²) in [5.41, 5.74) is 1.70. The van der Waals surface area contributed by atoms with Crippen molar-refractivity contribution in [2.75, 3.05) is 5.32 Å². The van der Waals surface area contributed by atoms with E-state index >= 15 is 0 Å². The first-order chi connectivity index (χ1) is 14.1. The highest BCUT2D eigenvalue weighted by molar-refractivity contribution is 7.16. The first-order valence-corrected chi connectivity index (χ1v) is 12.0. The van der Waals surface area contributed by atoms with Gasteiger partial charge in [-0.3, -0.25) is 4.79 Å². The van der Waals surface area contributed by atoms with Gasteiger partial charge in [0.25, 0.3) is 0 Å². The van der Waals surface area contributed by atoms with E-state index in [1.54, 1.807) is 0 Å². The van der Waals surface area contributed by atoms with Crippen LogP contribution in [0.1, 0.15) is 93.1 Å². The van der Waals surface area contributed by atoms with Crippen LogP contribution in [0.4, 0.5) is 5.00 Å². The van der Waals surface area contributed by atoms with Crippen LogP contribution >= 0.6 is 11.3 Å². The summed E-state index contributed by atoms with van der Waals surface area (Å²) in [6, 6.07) is 2.33. The van der Waals surface area contributed by atoms with E-state index in [1.807, 2.05) is 0 Å². The predicted octanol–water partition coefficient (Wildman–Crippen LogP) is 4.33. The molecule has 1 aromatic heterocycles. The quantitative estimate of drug-likeness (QED) is 0.795. The number of carboxylic acid groups (broad SMARTS) is 1. The minimum Gasteiger partial charge on any atom is -0.550 e. The maximum Gasteiger partial charge on any atom is 0.228 e. The Bertz CT molecular complexity index is 765. The van der Waals surface area contributed by atoms with Gasteiger partial charge in [0.2, 0.25) is 5.91 Å². The monoisotopic (exact) mass is 415 g/mol. The summed E-state index contributed by atoms with van der Waals surface area (Å²) in [6.07, 6.45) is 14.3. The van der Waals surface area contributed by atoms with Crippen LogP contribution in [-0.2, 0) is 22.4 Å². The van der Waals surface area contributed by atoms with Gasteiger partial charge in [0.15, 0.2) is 0 Å². The number of rotatable bonds is 3. The average molecular weight is 416 g/mol. The Morgan fingerprint density at radius 2 is 1.48 bits per heavy atom. The number of aryl methyl sites for hydroxylation is 1. The number of hydrogen-bond donors (Lipinski definition) is 1. The molecule has 29 heavy (non-hydrogen) atoms. The third kappa shape index (κ3) is 5.60. The second kappa shape index (κ2) is 10.8. The van der Waals surface area contributed by atoms with Crippen molar-refractivity contribution in [1.29, 1.82) is 5.26 Å². The number of aliphatic carboxylic acids is 1. The Kier molecular flexibility index (Phi) is 8.11. The molecule has 2 atom stereocenters. The first-order valence-electron chi connectivity index (χ1n) is 11.2. The summed E-state index contributed by atoms with van der Waals surface area (Å²) in [6.45, 7) is 0. The van der Waals surface area contributed by atoms with E-state index in [2.05, 4.69) is 11.4 Å². The molecule has 2 aliphatic carbocycles. The number of carbonyl (C=O) groups excluding carboxylic acids is 2. The summed E-state index contributed by atoms with van der Waals surface area (Å²) < 4.78 is 0. The van der Waals surface area contributed by atoms with Crippen molar-refractivity contribution in [2.24, 2.45) is 11.8 Å². The van der Waals surface area contributed by atoms with E-state index in [-0.39, 0.29) is 5.91 Å². The van der Waals surface area contributed by atoms with Gasteiger partial charge in [-0.05, 0) is 44.1 Å². The molecule has 1 fully saturated rings. The number of fused-ring (bicyclic) bond motifs is 1. The third-order valence-corrected chi connectivity index (χ3v) is 7.63. The molecule has 0 aromatic carbocycles. The van der Waals surface area contributed by atoms with Crippen molar-refractivity contribution in [3.63, 3.8) is 0 Å². The molecule has 1 heterocycles. The normalized spacial score (nSPS) is 23.7. The topological polar surface area (TPSA) is 93.0 Å². The highest BCUT2D eigenvalue weighted by atomic mass is 32.1. The molecular formula is C23H31N2O3S-. The smallest absolute Gasteiger partial charge is 0.228 e. The van der Waals surface area contributed by atoms with E-state index in [0.29, 0.717) is 23.4 Å². The van der Waals surface area contributed by atoms with Crippen molar-refractivity contribution in [3.8, 4) is 6.07 Å². The number of carboxylic acids is 1. The summed E-state index contributed by atoms with van der Waals surface area (Å²) >= 11 is 1.52. The molecule has 1 saturated carbocycles. The fourth-order valence-electron chi connectivity index (χ4n) is 4.76. The molecule has 158 valence electrons. The fourth-order valence-corrected chi connectivity index (χ4v) is 6.01. The second-order valence-electron chi connectivity index (χ2n) is 8.45. The van der Waals surface area contributed by atoms with Gasteiger partial charge in [-0.15, -0.1) is 11.3 Å². The largest absolute Gasteiger partial charge is 0.550 e. The molecule has 5 nitrogen and oxygen atoms in total. The van der Waals surface area contributed by atoms with Crippen molar-refractivity contribution < 1.29 is 14.7 Å². The molecule has 2 aliphatic rings. The van der Waals surface area contributed by atoms with Crippen LogP contribution in [0, 0.1) is 23.2 Å². The maximum atomic E-state index is 12.9. The molecule has 0 aliphatic heterocycles. The number of nitrogens with zero attached hydrogens (tertiary/aromatic N) is 1. The number of carbonyl (C=O) groups is 2. The van der Waals surface area contributed by atoms with Crippen molar-refractivity contribution >= 4 is 28.2 Å². The Balaban J connectivity index is 1.79. The number of amides is 1. The number of anilines is 1. The molecule has 3 rings (SSSR count). The lowest BCUT2D eigenvalue weighted by molar-refractivity contribution is -0.313. The molecule has 0 unspecified atom stereocenters. The molecule has 1 aromatic rings. The summed E-state index contributed by atoms with van der Waals surface area (Å²) in [5, 5.41) is 24.8. The predicted molar refractivity (Wildman–Crippen MR) is 112 cm³/mol. The summed E-state index contributed by atoms with van der Waals surface area (Å²) in [4.78, 5) is 25.6. The summed E-state index contributed by atoms with van der Waals surface area (Å²) in [5.74, 6) is -2.70. The minimum absolute atomic E-state index is 0.271. The zero-order valence-electron chi connectivity index (χ0n) is 17.1. The maximum absolute atomic E-state index is 12.9. The first kappa shape index (κ1) is 21.8. The molecule has 6 heteroatoms. The van der Waals surface area contributed by atoms with E-state index in [1.165, 1.54) is 54.7 Å². The Labute approximate surface area is 177 Å². The standard InChI is InChI=1S/C23H32N2O3S/c24-15-19-16-11-7-5-3-1-2-4-6-8-14-20(16)29-22(19)25-21(26)17-12-9-10-13-18(17)23(27)28/h17-18H,1-14H2,(H,25,26)(H,27,28)/p-1/t17-,18+/m0/s1. The van der Waals surface area contributed by atoms with Crippen LogP contribution in [0.15, 0.2) is 0 Å². The minimum atomic E-state index is -1.14. The number of nitrogens with one attached hydrogen (secondary N) is 1. The lowest BCUT2D eigenvalue weighted by Gasteiger charge is -2.31. The van der Waals surface area contributed by atoms with Crippen molar-refractivity contribution in [1.82, 2.24) is 0 Å². The van der Waals surface area contributed by atoms with Gasteiger partial charge in [0, 0.05) is 22.7 Å². The zero-order valence-corrected chi connectivity index (χ0v) is 18.0. The second-order valence-corrected chi connectivity index (χ2v) is 9.56. The Morgan fingerprint density at radius 1 is 0.897 bits per heavy atom. The Hall–Kier alpha value is -1.87. The molecule has 0 spiro atoms. The summed E-state index contributed by atoms with van der Waals surface area (Å²) in [7, 11) is 0. The van der Waals surface area contributed by atoms with Crippen molar-refractivity contribution in [3.05, 3.63) is 16.0 Å². The molecule has 1 amide bonds. The lowest BCUT2D eigenvalue weighted by Crippen LogP contribution is -2.42. The molecule has 1 N–H and O–H groups in total. The van der Waals surface area contributed by atoms with Crippen LogP contribution in [0.2, 0.25) is 0 Å². The van der Waals surface area contributed by atoms with Gasteiger partial charge in [-0.1, -0.05) is 51.4 Å². The number of hydrogen-bond acceptors (Lipinski definition) is 5. The zero-order chi connectivity index (χ0) is 20.6. The van der Waals surface area contributed by atoms with Crippen LogP contribution in [0.5, 0.6) is 0 Å². The fraction of sp³-hybridized carbons (Fsp3) is 0.696. The number of nitriles is 1. The van der Waals surface area contributed by atoms with Crippen LogP contribution in [0.3, 0.4) is 0 Å².